The van der Waals surface area contributed by atoms with Gasteiger partial charge in [-0.05, 0) is 17.7 Å². The molecule has 2 aromatic carbocycles. The number of carbonyl (C=O) groups is 1. The number of methoxy groups -OCH3 is 1. The SMILES string of the molecule is COc1ccccc1-c1noc([C@H]2OCC(=O)N(C)[C@H]2c2ccccc2)n1. The number of aromatic nitrogens is 2. The van der Waals surface area contributed by atoms with Crippen LogP contribution in [0.2, 0.25) is 0 Å². The highest BCUT2D eigenvalue weighted by Gasteiger charge is 2.40. The Labute approximate surface area is 156 Å². The van der Waals surface area contributed by atoms with Gasteiger partial charge in [0.05, 0.1) is 18.7 Å². The molecule has 1 aliphatic rings. The van der Waals surface area contributed by atoms with Crippen LogP contribution in [0.3, 0.4) is 0 Å². The van der Waals surface area contributed by atoms with Crippen molar-refractivity contribution in [3.05, 3.63) is 66.1 Å². The van der Waals surface area contributed by atoms with Crippen molar-refractivity contribution in [3.8, 4) is 17.1 Å². The van der Waals surface area contributed by atoms with Gasteiger partial charge in [-0.3, -0.25) is 4.79 Å². The molecule has 0 unspecified atom stereocenters. The smallest absolute Gasteiger partial charge is 0.258 e. The molecule has 7 heteroatoms. The van der Waals surface area contributed by atoms with Crippen LogP contribution in [0.15, 0.2) is 59.1 Å². The van der Waals surface area contributed by atoms with Gasteiger partial charge in [-0.25, -0.2) is 0 Å². The van der Waals surface area contributed by atoms with Crippen molar-refractivity contribution in [2.45, 2.75) is 12.1 Å². The molecule has 0 N–H and O–H groups in total. The fraction of sp³-hybridized carbons (Fsp3) is 0.250. The van der Waals surface area contributed by atoms with Gasteiger partial charge in [0.2, 0.25) is 11.7 Å². The Hall–Kier alpha value is -3.19. The van der Waals surface area contributed by atoms with E-state index in [1.807, 2.05) is 54.6 Å². The number of likely N-dealkylation sites (N-methyl/N-ethyl adjacent to an activating group) is 1. The lowest BCUT2D eigenvalue weighted by Gasteiger charge is -2.37. The largest absolute Gasteiger partial charge is 0.496 e. The number of ether oxygens (including phenoxy) is 2. The van der Waals surface area contributed by atoms with Crippen molar-refractivity contribution in [1.82, 2.24) is 15.0 Å². The molecule has 27 heavy (non-hydrogen) atoms. The van der Waals surface area contributed by atoms with Gasteiger partial charge in [0, 0.05) is 7.05 Å². The molecule has 2 heterocycles. The number of amides is 1. The lowest BCUT2D eigenvalue weighted by atomic mass is 9.98. The Morgan fingerprint density at radius 1 is 1.11 bits per heavy atom. The molecule has 0 aliphatic carbocycles. The third-order valence-corrected chi connectivity index (χ3v) is 4.66. The highest BCUT2D eigenvalue weighted by molar-refractivity contribution is 5.78. The van der Waals surface area contributed by atoms with Gasteiger partial charge >= 0.3 is 0 Å². The first-order chi connectivity index (χ1) is 13.2. The minimum atomic E-state index is -0.550. The van der Waals surface area contributed by atoms with Gasteiger partial charge in [-0.15, -0.1) is 0 Å². The molecule has 1 amide bonds. The van der Waals surface area contributed by atoms with Crippen LogP contribution >= 0.6 is 0 Å². The molecule has 0 spiro atoms. The van der Waals surface area contributed by atoms with E-state index < -0.39 is 6.10 Å². The number of benzene rings is 2. The second-order valence-electron chi connectivity index (χ2n) is 6.25. The van der Waals surface area contributed by atoms with Crippen LogP contribution in [0.1, 0.15) is 23.6 Å². The standard InChI is InChI=1S/C20H19N3O4/c1-23-16(24)12-26-18(17(23)13-8-4-3-5-9-13)20-21-19(22-27-20)14-10-6-7-11-15(14)25-2/h3-11,17-18H,12H2,1-2H3/t17-,18-/m0/s1. The summed E-state index contributed by atoms with van der Waals surface area (Å²) >= 11 is 0. The maximum atomic E-state index is 12.2. The Kier molecular flexibility index (Phi) is 4.60. The first-order valence-corrected chi connectivity index (χ1v) is 8.58. The average molecular weight is 365 g/mol. The van der Waals surface area contributed by atoms with Crippen molar-refractivity contribution in [2.75, 3.05) is 20.8 Å². The number of hydrogen-bond acceptors (Lipinski definition) is 6. The van der Waals surface area contributed by atoms with E-state index in [0.29, 0.717) is 17.5 Å². The number of para-hydroxylation sites is 1. The third kappa shape index (κ3) is 3.17. The first-order valence-electron chi connectivity index (χ1n) is 8.58. The van der Waals surface area contributed by atoms with Gasteiger partial charge in [0.15, 0.2) is 6.10 Å². The summed E-state index contributed by atoms with van der Waals surface area (Å²) in [5.41, 5.74) is 1.67. The van der Waals surface area contributed by atoms with Crippen molar-refractivity contribution < 1.29 is 18.8 Å². The van der Waals surface area contributed by atoms with E-state index in [4.69, 9.17) is 14.0 Å². The number of nitrogens with zero attached hydrogens (tertiary/aromatic N) is 3. The van der Waals surface area contributed by atoms with Crippen LogP contribution in [0.4, 0.5) is 0 Å². The number of hydrogen-bond donors (Lipinski definition) is 0. The molecule has 0 bridgehead atoms. The zero-order chi connectivity index (χ0) is 18.8. The molecule has 4 rings (SSSR count). The molecule has 7 nitrogen and oxygen atoms in total. The van der Waals surface area contributed by atoms with Gasteiger partial charge in [0.25, 0.3) is 5.89 Å². The molecule has 138 valence electrons. The quantitative estimate of drug-likeness (QED) is 0.707. The molecular formula is C20H19N3O4. The summed E-state index contributed by atoms with van der Waals surface area (Å²) in [6, 6.07) is 16.8. The molecule has 0 radical (unpaired) electrons. The van der Waals surface area contributed by atoms with Crippen LogP contribution in [0.5, 0.6) is 5.75 Å². The van der Waals surface area contributed by atoms with Gasteiger partial charge in [-0.1, -0.05) is 47.6 Å². The zero-order valence-corrected chi connectivity index (χ0v) is 15.0. The summed E-state index contributed by atoms with van der Waals surface area (Å²) in [5, 5.41) is 4.09. The van der Waals surface area contributed by atoms with Crippen LogP contribution in [-0.2, 0) is 9.53 Å². The molecule has 0 saturated carbocycles. The van der Waals surface area contributed by atoms with E-state index >= 15 is 0 Å². The summed E-state index contributed by atoms with van der Waals surface area (Å²) < 4.78 is 16.7. The minimum absolute atomic E-state index is 0.0309. The number of carbonyl (C=O) groups excluding carboxylic acids is 1. The fourth-order valence-corrected chi connectivity index (χ4v) is 3.26. The Balaban J connectivity index is 1.71. The lowest BCUT2D eigenvalue weighted by molar-refractivity contribution is -0.157. The molecule has 1 saturated heterocycles. The third-order valence-electron chi connectivity index (χ3n) is 4.66. The van der Waals surface area contributed by atoms with Gasteiger partial charge in [-0.2, -0.15) is 4.98 Å². The van der Waals surface area contributed by atoms with Crippen molar-refractivity contribution in [3.63, 3.8) is 0 Å². The Bertz CT molecular complexity index is 941. The molecule has 1 aromatic heterocycles. The lowest BCUT2D eigenvalue weighted by Crippen LogP contribution is -2.43. The second kappa shape index (κ2) is 7.20. The predicted molar refractivity (Wildman–Crippen MR) is 96.9 cm³/mol. The Morgan fingerprint density at radius 2 is 1.85 bits per heavy atom. The van der Waals surface area contributed by atoms with E-state index in [1.165, 1.54) is 0 Å². The van der Waals surface area contributed by atoms with E-state index in [2.05, 4.69) is 10.1 Å². The van der Waals surface area contributed by atoms with E-state index in [-0.39, 0.29) is 18.6 Å². The van der Waals surface area contributed by atoms with Crippen molar-refractivity contribution in [2.24, 2.45) is 0 Å². The second-order valence-corrected chi connectivity index (χ2v) is 6.25. The predicted octanol–water partition coefficient (Wildman–Crippen LogP) is 3.02. The maximum Gasteiger partial charge on any atom is 0.258 e. The van der Waals surface area contributed by atoms with E-state index in [0.717, 1.165) is 11.1 Å². The Morgan fingerprint density at radius 3 is 2.63 bits per heavy atom. The van der Waals surface area contributed by atoms with Crippen LogP contribution in [0, 0.1) is 0 Å². The highest BCUT2D eigenvalue weighted by Crippen LogP contribution is 2.39. The average Bonchev–Trinajstić information content (AvgIpc) is 3.20. The summed E-state index contributed by atoms with van der Waals surface area (Å²) in [5.74, 6) is 1.30. The first kappa shape index (κ1) is 17.2. The van der Waals surface area contributed by atoms with Crippen LogP contribution in [0.25, 0.3) is 11.4 Å². The summed E-state index contributed by atoms with van der Waals surface area (Å²) in [7, 11) is 3.35. The van der Waals surface area contributed by atoms with Gasteiger partial charge < -0.3 is 18.9 Å². The van der Waals surface area contributed by atoms with Crippen LogP contribution < -0.4 is 4.74 Å². The molecular weight excluding hydrogens is 346 g/mol. The highest BCUT2D eigenvalue weighted by atomic mass is 16.5. The molecule has 2 atom stereocenters. The van der Waals surface area contributed by atoms with Crippen molar-refractivity contribution in [1.29, 1.82) is 0 Å². The fourth-order valence-electron chi connectivity index (χ4n) is 3.26. The van der Waals surface area contributed by atoms with Crippen molar-refractivity contribution >= 4 is 5.91 Å². The monoisotopic (exact) mass is 365 g/mol. The molecule has 1 fully saturated rings. The normalized spacial score (nSPS) is 19.9. The zero-order valence-electron chi connectivity index (χ0n) is 15.0. The summed E-state index contributed by atoms with van der Waals surface area (Å²) in [6.07, 6.45) is -0.550. The topological polar surface area (TPSA) is 77.7 Å². The minimum Gasteiger partial charge on any atom is -0.496 e. The number of morpholine rings is 1. The maximum absolute atomic E-state index is 12.2. The van der Waals surface area contributed by atoms with Gasteiger partial charge in [0.1, 0.15) is 12.4 Å². The summed E-state index contributed by atoms with van der Waals surface area (Å²) in [6.45, 7) is -0.0309. The van der Waals surface area contributed by atoms with Crippen LogP contribution in [-0.4, -0.2) is 41.7 Å². The summed E-state index contributed by atoms with van der Waals surface area (Å²) in [4.78, 5) is 18.4. The van der Waals surface area contributed by atoms with E-state index in [1.54, 1.807) is 19.1 Å². The molecule has 3 aromatic rings. The van der Waals surface area contributed by atoms with E-state index in [9.17, 15) is 4.79 Å². The molecule has 1 aliphatic heterocycles. The number of rotatable bonds is 4.